The molecule has 0 saturated heterocycles. The standard InChI is InChI=1S/C9H10N4OS/c1-2-3-10-5-8-12-9(13-14-8)7-4-11-6-15-7/h2,4,6,10H,1,3,5H2. The molecule has 15 heavy (non-hydrogen) atoms. The highest BCUT2D eigenvalue weighted by molar-refractivity contribution is 7.13. The van der Waals surface area contributed by atoms with Gasteiger partial charge in [-0.2, -0.15) is 4.98 Å². The lowest BCUT2D eigenvalue weighted by molar-refractivity contribution is 0.370. The zero-order valence-electron chi connectivity index (χ0n) is 8.01. The second kappa shape index (κ2) is 4.81. The molecule has 0 aromatic carbocycles. The van der Waals surface area contributed by atoms with Crippen LogP contribution in [0.5, 0.6) is 0 Å². The first-order valence-corrected chi connectivity index (χ1v) is 5.31. The van der Waals surface area contributed by atoms with Crippen molar-refractivity contribution in [1.29, 1.82) is 0 Å². The molecule has 2 heterocycles. The van der Waals surface area contributed by atoms with Crippen molar-refractivity contribution in [1.82, 2.24) is 20.4 Å². The summed E-state index contributed by atoms with van der Waals surface area (Å²) in [5.74, 6) is 1.16. The van der Waals surface area contributed by atoms with Crippen molar-refractivity contribution in [3.8, 4) is 10.7 Å². The van der Waals surface area contributed by atoms with Crippen LogP contribution in [0, 0.1) is 0 Å². The van der Waals surface area contributed by atoms with E-state index >= 15 is 0 Å². The van der Waals surface area contributed by atoms with E-state index in [1.165, 1.54) is 11.3 Å². The van der Waals surface area contributed by atoms with Gasteiger partial charge in [-0.25, -0.2) is 0 Å². The average molecular weight is 222 g/mol. The first kappa shape index (κ1) is 10.0. The summed E-state index contributed by atoms with van der Waals surface area (Å²) in [4.78, 5) is 9.08. The summed E-state index contributed by atoms with van der Waals surface area (Å²) in [6, 6.07) is 0. The highest BCUT2D eigenvalue weighted by Crippen LogP contribution is 2.19. The van der Waals surface area contributed by atoms with Crippen molar-refractivity contribution >= 4 is 11.3 Å². The Morgan fingerprint density at radius 3 is 3.27 bits per heavy atom. The summed E-state index contributed by atoms with van der Waals surface area (Å²) < 4.78 is 5.06. The van der Waals surface area contributed by atoms with E-state index in [9.17, 15) is 0 Å². The van der Waals surface area contributed by atoms with E-state index in [0.29, 0.717) is 18.3 Å². The quantitative estimate of drug-likeness (QED) is 0.613. The summed E-state index contributed by atoms with van der Waals surface area (Å²) >= 11 is 1.49. The number of thiazole rings is 1. The van der Waals surface area contributed by atoms with Gasteiger partial charge in [0.25, 0.3) is 0 Å². The molecule has 0 atom stereocenters. The van der Waals surface area contributed by atoms with E-state index in [2.05, 4.69) is 27.0 Å². The maximum atomic E-state index is 5.06. The van der Waals surface area contributed by atoms with Gasteiger partial charge >= 0.3 is 0 Å². The molecule has 0 radical (unpaired) electrons. The number of hydrogen-bond donors (Lipinski definition) is 1. The second-order valence-electron chi connectivity index (χ2n) is 2.80. The van der Waals surface area contributed by atoms with Gasteiger partial charge in [0.1, 0.15) is 0 Å². The lowest BCUT2D eigenvalue weighted by Crippen LogP contribution is -2.12. The predicted octanol–water partition coefficient (Wildman–Crippen LogP) is 1.47. The molecule has 2 aromatic rings. The molecule has 0 spiro atoms. The van der Waals surface area contributed by atoms with Crippen LogP contribution in [-0.4, -0.2) is 21.7 Å². The lowest BCUT2D eigenvalue weighted by Gasteiger charge is -1.93. The van der Waals surface area contributed by atoms with Gasteiger partial charge in [0.05, 0.1) is 16.9 Å². The minimum atomic E-state index is 0.553. The van der Waals surface area contributed by atoms with Crippen LogP contribution in [0.4, 0.5) is 0 Å². The van der Waals surface area contributed by atoms with Crippen LogP contribution in [-0.2, 0) is 6.54 Å². The molecule has 0 amide bonds. The molecule has 78 valence electrons. The van der Waals surface area contributed by atoms with Gasteiger partial charge in [-0.1, -0.05) is 11.2 Å². The maximum absolute atomic E-state index is 5.06. The van der Waals surface area contributed by atoms with E-state index < -0.39 is 0 Å². The van der Waals surface area contributed by atoms with Crippen molar-refractivity contribution in [2.75, 3.05) is 6.54 Å². The van der Waals surface area contributed by atoms with Crippen LogP contribution in [0.25, 0.3) is 10.7 Å². The normalized spacial score (nSPS) is 10.4. The third kappa shape index (κ3) is 2.48. The van der Waals surface area contributed by atoms with Gasteiger partial charge in [0.15, 0.2) is 0 Å². The fourth-order valence-corrected chi connectivity index (χ4v) is 1.58. The lowest BCUT2D eigenvalue weighted by atomic mass is 10.5. The molecule has 0 aliphatic heterocycles. The molecule has 0 aliphatic carbocycles. The zero-order chi connectivity index (χ0) is 10.5. The van der Waals surface area contributed by atoms with Crippen molar-refractivity contribution in [3.63, 3.8) is 0 Å². The van der Waals surface area contributed by atoms with Crippen molar-refractivity contribution in [3.05, 3.63) is 30.3 Å². The number of nitrogens with zero attached hydrogens (tertiary/aromatic N) is 3. The Morgan fingerprint density at radius 1 is 1.60 bits per heavy atom. The zero-order valence-corrected chi connectivity index (χ0v) is 8.83. The number of nitrogens with one attached hydrogen (secondary N) is 1. The predicted molar refractivity (Wildman–Crippen MR) is 57.3 cm³/mol. The van der Waals surface area contributed by atoms with Crippen molar-refractivity contribution in [2.24, 2.45) is 0 Å². The Kier molecular flexibility index (Phi) is 3.21. The smallest absolute Gasteiger partial charge is 0.240 e. The summed E-state index contributed by atoms with van der Waals surface area (Å²) in [6.45, 7) is 4.88. The van der Waals surface area contributed by atoms with Crippen LogP contribution < -0.4 is 5.32 Å². The summed E-state index contributed by atoms with van der Waals surface area (Å²) in [5.41, 5.74) is 1.74. The highest BCUT2D eigenvalue weighted by atomic mass is 32.1. The van der Waals surface area contributed by atoms with Gasteiger partial charge in [-0.3, -0.25) is 4.98 Å². The average Bonchev–Trinajstić information content (AvgIpc) is 2.87. The molecule has 0 unspecified atom stereocenters. The van der Waals surface area contributed by atoms with Crippen LogP contribution >= 0.6 is 11.3 Å². The highest BCUT2D eigenvalue weighted by Gasteiger charge is 2.08. The summed E-state index contributed by atoms with van der Waals surface area (Å²) in [5, 5.41) is 6.94. The largest absolute Gasteiger partial charge is 0.338 e. The van der Waals surface area contributed by atoms with E-state index in [1.54, 1.807) is 17.8 Å². The van der Waals surface area contributed by atoms with Crippen LogP contribution in [0.15, 0.2) is 28.9 Å². The van der Waals surface area contributed by atoms with E-state index in [0.717, 1.165) is 11.4 Å². The van der Waals surface area contributed by atoms with E-state index in [-0.39, 0.29) is 0 Å². The fraction of sp³-hybridized carbons (Fsp3) is 0.222. The monoisotopic (exact) mass is 222 g/mol. The minimum Gasteiger partial charge on any atom is -0.338 e. The fourth-order valence-electron chi connectivity index (χ4n) is 1.03. The molecule has 2 aromatic heterocycles. The number of rotatable bonds is 5. The molecule has 6 heteroatoms. The molecular formula is C9H10N4OS. The van der Waals surface area contributed by atoms with Gasteiger partial charge in [-0.15, -0.1) is 17.9 Å². The van der Waals surface area contributed by atoms with Crippen LogP contribution in [0.1, 0.15) is 5.89 Å². The molecule has 0 fully saturated rings. The SMILES string of the molecule is C=CCNCc1nc(-c2cncs2)no1. The third-order valence-electron chi connectivity index (χ3n) is 1.69. The minimum absolute atomic E-state index is 0.553. The van der Waals surface area contributed by atoms with Crippen LogP contribution in [0.2, 0.25) is 0 Å². The van der Waals surface area contributed by atoms with Gasteiger partial charge in [0, 0.05) is 12.7 Å². The molecule has 0 saturated carbocycles. The van der Waals surface area contributed by atoms with E-state index in [1.807, 2.05) is 0 Å². The topological polar surface area (TPSA) is 63.8 Å². The first-order valence-electron chi connectivity index (χ1n) is 4.43. The Morgan fingerprint density at radius 2 is 2.53 bits per heavy atom. The second-order valence-corrected chi connectivity index (χ2v) is 3.68. The maximum Gasteiger partial charge on any atom is 0.240 e. The summed E-state index contributed by atoms with van der Waals surface area (Å²) in [7, 11) is 0. The van der Waals surface area contributed by atoms with Crippen molar-refractivity contribution < 1.29 is 4.52 Å². The molecule has 5 nitrogen and oxygen atoms in total. The van der Waals surface area contributed by atoms with E-state index in [4.69, 9.17) is 4.52 Å². The van der Waals surface area contributed by atoms with Gasteiger partial charge < -0.3 is 9.84 Å². The van der Waals surface area contributed by atoms with Gasteiger partial charge in [0.2, 0.25) is 11.7 Å². The third-order valence-corrected chi connectivity index (χ3v) is 2.45. The Bertz CT molecular complexity index is 423. The molecule has 0 aliphatic rings. The van der Waals surface area contributed by atoms with Crippen molar-refractivity contribution in [2.45, 2.75) is 6.54 Å². The Hall–Kier alpha value is -1.53. The molecule has 2 rings (SSSR count). The number of hydrogen-bond acceptors (Lipinski definition) is 6. The van der Waals surface area contributed by atoms with Gasteiger partial charge in [-0.05, 0) is 0 Å². The first-order chi connectivity index (χ1) is 7.40. The molecule has 1 N–H and O–H groups in total. The van der Waals surface area contributed by atoms with Crippen LogP contribution in [0.3, 0.4) is 0 Å². The molecular weight excluding hydrogens is 212 g/mol. The number of aromatic nitrogens is 3. The molecule has 0 bridgehead atoms. The Balaban J connectivity index is 2.01. The Labute approximate surface area is 90.9 Å². The summed E-state index contributed by atoms with van der Waals surface area (Å²) in [6.07, 6.45) is 3.50.